The smallest absolute Gasteiger partial charge is 0.100 e. The maximum atomic E-state index is 3.65. The van der Waals surface area contributed by atoms with Crippen LogP contribution in [0.4, 0.5) is 22.7 Å². The van der Waals surface area contributed by atoms with E-state index < -0.39 is 0 Å². The molecule has 2 heterocycles. The van der Waals surface area contributed by atoms with Gasteiger partial charge in [-0.05, 0) is 36.4 Å². The third kappa shape index (κ3) is 2.16. The zero-order valence-electron chi connectivity index (χ0n) is 15.3. The van der Waals surface area contributed by atoms with Crippen LogP contribution in [0.15, 0.2) is 97.1 Å². The molecule has 6 rings (SSSR count). The van der Waals surface area contributed by atoms with Gasteiger partial charge in [-0.2, -0.15) is 0 Å². The van der Waals surface area contributed by atoms with Gasteiger partial charge in [0.2, 0.25) is 0 Å². The summed E-state index contributed by atoms with van der Waals surface area (Å²) in [6, 6.07) is 34.3. The molecule has 0 radical (unpaired) electrons. The highest BCUT2D eigenvalue weighted by Crippen LogP contribution is 2.46. The number of hydrogen-bond donors (Lipinski definition) is 1. The highest BCUT2D eigenvalue weighted by Gasteiger charge is 2.28. The van der Waals surface area contributed by atoms with Gasteiger partial charge in [0.25, 0.3) is 0 Å². The van der Waals surface area contributed by atoms with Gasteiger partial charge in [-0.25, -0.2) is 0 Å². The zero-order valence-corrected chi connectivity index (χ0v) is 15.3. The molecule has 0 amide bonds. The fourth-order valence-electron chi connectivity index (χ4n) is 4.33. The zero-order chi connectivity index (χ0) is 18.5. The minimum atomic E-state index is 0.790. The first-order valence-corrected chi connectivity index (χ1v) is 9.59. The molecular formula is C25H19N3. The average molecular weight is 361 g/mol. The summed E-state index contributed by atoms with van der Waals surface area (Å²) in [6.07, 6.45) is 0. The van der Waals surface area contributed by atoms with Crippen molar-refractivity contribution in [2.45, 2.75) is 0 Å². The fourth-order valence-corrected chi connectivity index (χ4v) is 4.33. The number of nitrogens with one attached hydrogen (secondary N) is 1. The van der Waals surface area contributed by atoms with E-state index in [0.717, 1.165) is 6.67 Å². The van der Waals surface area contributed by atoms with E-state index in [-0.39, 0.29) is 0 Å². The van der Waals surface area contributed by atoms with E-state index in [1.165, 1.54) is 44.6 Å². The molecule has 1 N–H and O–H groups in total. The third-order valence-electron chi connectivity index (χ3n) is 5.62. The predicted octanol–water partition coefficient (Wildman–Crippen LogP) is 6.57. The molecule has 0 unspecified atom stereocenters. The minimum Gasteiger partial charge on any atom is -0.353 e. The van der Waals surface area contributed by atoms with Crippen molar-refractivity contribution in [3.05, 3.63) is 97.1 Å². The Morgan fingerprint density at radius 3 is 2.04 bits per heavy atom. The molecule has 28 heavy (non-hydrogen) atoms. The second-order valence-corrected chi connectivity index (χ2v) is 7.19. The van der Waals surface area contributed by atoms with Crippen molar-refractivity contribution in [3.8, 4) is 0 Å². The van der Waals surface area contributed by atoms with Crippen LogP contribution in [0.1, 0.15) is 0 Å². The molecule has 3 heteroatoms. The van der Waals surface area contributed by atoms with E-state index in [1.807, 2.05) is 0 Å². The van der Waals surface area contributed by atoms with Gasteiger partial charge in [0.15, 0.2) is 0 Å². The number of nitrogens with zero attached hydrogens (tertiary/aromatic N) is 2. The van der Waals surface area contributed by atoms with E-state index in [2.05, 4.69) is 112 Å². The molecule has 0 aliphatic carbocycles. The van der Waals surface area contributed by atoms with Crippen molar-refractivity contribution in [2.24, 2.45) is 0 Å². The molecular weight excluding hydrogens is 342 g/mol. The van der Waals surface area contributed by atoms with Gasteiger partial charge in [0, 0.05) is 22.0 Å². The molecule has 0 bridgehead atoms. The van der Waals surface area contributed by atoms with E-state index in [1.54, 1.807) is 0 Å². The van der Waals surface area contributed by atoms with Crippen LogP contribution in [0.5, 0.6) is 0 Å². The first-order chi connectivity index (χ1) is 13.9. The van der Waals surface area contributed by atoms with Crippen molar-refractivity contribution < 1.29 is 0 Å². The topological polar surface area (TPSA) is 22.3 Å². The second kappa shape index (κ2) is 5.89. The Morgan fingerprint density at radius 2 is 1.18 bits per heavy atom. The summed E-state index contributed by atoms with van der Waals surface area (Å²) in [6.45, 7) is 0.790. The molecule has 4 aromatic carbocycles. The number of aromatic amines is 1. The van der Waals surface area contributed by atoms with Crippen LogP contribution in [-0.4, -0.2) is 11.7 Å². The number of aromatic nitrogens is 1. The quantitative estimate of drug-likeness (QED) is 0.384. The van der Waals surface area contributed by atoms with Gasteiger partial charge in [-0.15, -0.1) is 0 Å². The maximum absolute atomic E-state index is 3.65. The van der Waals surface area contributed by atoms with Gasteiger partial charge >= 0.3 is 0 Å². The number of para-hydroxylation sites is 5. The van der Waals surface area contributed by atoms with Crippen LogP contribution >= 0.6 is 0 Å². The molecule has 1 aliphatic heterocycles. The monoisotopic (exact) mass is 361 g/mol. The first-order valence-electron chi connectivity index (χ1n) is 9.59. The van der Waals surface area contributed by atoms with Crippen LogP contribution in [0.25, 0.3) is 21.8 Å². The summed E-state index contributed by atoms with van der Waals surface area (Å²) < 4.78 is 0. The third-order valence-corrected chi connectivity index (χ3v) is 5.62. The summed E-state index contributed by atoms with van der Waals surface area (Å²) in [5, 5.41) is 2.54. The van der Waals surface area contributed by atoms with Gasteiger partial charge in [-0.3, -0.25) is 0 Å². The maximum Gasteiger partial charge on any atom is 0.100 e. The molecule has 1 aromatic heterocycles. The van der Waals surface area contributed by atoms with Gasteiger partial charge < -0.3 is 14.8 Å². The van der Waals surface area contributed by atoms with E-state index >= 15 is 0 Å². The van der Waals surface area contributed by atoms with E-state index in [9.17, 15) is 0 Å². The van der Waals surface area contributed by atoms with E-state index in [0.29, 0.717) is 0 Å². The van der Waals surface area contributed by atoms with Crippen molar-refractivity contribution in [1.82, 2.24) is 4.98 Å². The molecule has 0 atom stereocenters. The second-order valence-electron chi connectivity index (χ2n) is 7.19. The number of rotatable bonds is 2. The molecule has 0 saturated heterocycles. The summed E-state index contributed by atoms with van der Waals surface area (Å²) in [5.41, 5.74) is 7.26. The van der Waals surface area contributed by atoms with Gasteiger partial charge in [0.1, 0.15) is 6.67 Å². The number of benzene rings is 4. The summed E-state index contributed by atoms with van der Waals surface area (Å²) >= 11 is 0. The normalized spacial score (nSPS) is 13.4. The predicted molar refractivity (Wildman–Crippen MR) is 118 cm³/mol. The summed E-state index contributed by atoms with van der Waals surface area (Å²) in [5.74, 6) is 0. The lowest BCUT2D eigenvalue weighted by molar-refractivity contribution is 0.994. The lowest BCUT2D eigenvalue weighted by Gasteiger charge is -2.22. The Kier molecular flexibility index (Phi) is 3.23. The van der Waals surface area contributed by atoms with Crippen LogP contribution in [0, 0.1) is 0 Å². The molecule has 134 valence electrons. The van der Waals surface area contributed by atoms with Crippen molar-refractivity contribution in [1.29, 1.82) is 0 Å². The number of anilines is 4. The van der Waals surface area contributed by atoms with Crippen molar-refractivity contribution >= 4 is 44.6 Å². The number of hydrogen-bond acceptors (Lipinski definition) is 2. The minimum absolute atomic E-state index is 0.790. The first kappa shape index (κ1) is 15.3. The largest absolute Gasteiger partial charge is 0.353 e. The Morgan fingerprint density at radius 1 is 0.536 bits per heavy atom. The molecule has 0 saturated carbocycles. The Bertz CT molecular complexity index is 1300. The lowest BCUT2D eigenvalue weighted by atomic mass is 10.1. The Labute approximate surface area is 163 Å². The van der Waals surface area contributed by atoms with Crippen molar-refractivity contribution in [3.63, 3.8) is 0 Å². The highest BCUT2D eigenvalue weighted by molar-refractivity contribution is 6.12. The summed E-state index contributed by atoms with van der Waals surface area (Å²) in [7, 11) is 0. The Balaban J connectivity index is 1.56. The Hall–Kier alpha value is -3.72. The highest BCUT2D eigenvalue weighted by atomic mass is 15.4. The van der Waals surface area contributed by atoms with Crippen molar-refractivity contribution in [2.75, 3.05) is 16.5 Å². The molecule has 0 fully saturated rings. The van der Waals surface area contributed by atoms with E-state index in [4.69, 9.17) is 0 Å². The van der Waals surface area contributed by atoms with Crippen LogP contribution in [0.2, 0.25) is 0 Å². The molecule has 0 spiro atoms. The molecule has 1 aliphatic rings. The van der Waals surface area contributed by atoms with Crippen LogP contribution in [0.3, 0.4) is 0 Å². The van der Waals surface area contributed by atoms with Crippen LogP contribution < -0.4 is 9.80 Å². The van der Waals surface area contributed by atoms with Crippen LogP contribution in [-0.2, 0) is 0 Å². The van der Waals surface area contributed by atoms with Gasteiger partial charge in [0.05, 0.1) is 22.6 Å². The molecule has 3 nitrogen and oxygen atoms in total. The number of fused-ring (bicyclic) bond motifs is 4. The number of H-pyrrole nitrogens is 1. The summed E-state index contributed by atoms with van der Waals surface area (Å²) in [4.78, 5) is 8.42. The standard InChI is InChI=1S/C25H19N3/c1-2-9-18(10-3-1)27-17-28(23-15-7-6-14-22(23)27)24-16-8-12-20-19-11-4-5-13-21(19)26-25(20)24/h1-16,26H,17H2. The average Bonchev–Trinajstić information content (AvgIpc) is 3.33. The van der Waals surface area contributed by atoms with Gasteiger partial charge in [-0.1, -0.05) is 60.7 Å². The SMILES string of the molecule is c1ccc(N2CN(c3cccc4c3[nH]c3ccccc34)c3ccccc32)cc1. The molecule has 5 aromatic rings. The fraction of sp³-hybridized carbons (Fsp3) is 0.0400. The lowest BCUT2D eigenvalue weighted by Crippen LogP contribution is -2.24.